The molecule has 1 aliphatic rings. The summed E-state index contributed by atoms with van der Waals surface area (Å²) in [7, 11) is 1.68. The Morgan fingerprint density at radius 3 is 3.00 bits per heavy atom. The van der Waals surface area contributed by atoms with Gasteiger partial charge in [-0.15, -0.1) is 5.10 Å². The van der Waals surface area contributed by atoms with Crippen LogP contribution in [-0.4, -0.2) is 21.9 Å². The second kappa shape index (κ2) is 4.98. The molecule has 0 radical (unpaired) electrons. The molecule has 1 aliphatic heterocycles. The first-order valence-corrected chi connectivity index (χ1v) is 7.02. The monoisotopic (exact) mass is 292 g/mol. The van der Waals surface area contributed by atoms with Crippen LogP contribution in [0.5, 0.6) is 5.75 Å². The highest BCUT2D eigenvalue weighted by Gasteiger charge is 2.31. The summed E-state index contributed by atoms with van der Waals surface area (Å²) in [5.74, 6) is 2.44. The number of nitrogens with zero attached hydrogens (tertiary/aromatic N) is 3. The number of methoxy groups -OCH3 is 1. The molecule has 0 amide bonds. The third-order valence-electron chi connectivity index (χ3n) is 3.96. The standard InChI is InChI=1S/C14H17ClN4O/c1-8-10(4-6-13-17-14(16)18-19(8)13)11-7-9(15)3-5-12(11)20-2/h3,5,7-8,10H,4,6H2,1-2H3,(H2,16,18). The van der Waals surface area contributed by atoms with Crippen LogP contribution in [0.4, 0.5) is 5.95 Å². The zero-order valence-electron chi connectivity index (χ0n) is 11.5. The van der Waals surface area contributed by atoms with Crippen molar-refractivity contribution in [2.75, 3.05) is 12.8 Å². The molecule has 2 unspecified atom stereocenters. The van der Waals surface area contributed by atoms with E-state index >= 15 is 0 Å². The fraction of sp³-hybridized carbons (Fsp3) is 0.429. The number of aromatic nitrogens is 3. The topological polar surface area (TPSA) is 66.0 Å². The highest BCUT2D eigenvalue weighted by Crippen LogP contribution is 2.41. The molecular formula is C14H17ClN4O. The third-order valence-corrected chi connectivity index (χ3v) is 4.19. The Bertz CT molecular complexity index is 640. The number of hydrogen-bond donors (Lipinski definition) is 1. The van der Waals surface area contributed by atoms with Gasteiger partial charge >= 0.3 is 0 Å². The molecule has 3 rings (SSSR count). The number of anilines is 1. The van der Waals surface area contributed by atoms with Gasteiger partial charge in [-0.05, 0) is 31.5 Å². The summed E-state index contributed by atoms with van der Waals surface area (Å²) in [5, 5.41) is 5.01. The van der Waals surface area contributed by atoms with Crippen molar-refractivity contribution in [3.8, 4) is 5.75 Å². The zero-order valence-corrected chi connectivity index (χ0v) is 12.3. The van der Waals surface area contributed by atoms with Crippen LogP contribution in [0.25, 0.3) is 0 Å². The van der Waals surface area contributed by atoms with Crippen LogP contribution in [0, 0.1) is 0 Å². The first kappa shape index (κ1) is 13.2. The molecule has 0 spiro atoms. The lowest BCUT2D eigenvalue weighted by Gasteiger charge is -2.30. The van der Waals surface area contributed by atoms with E-state index in [-0.39, 0.29) is 12.0 Å². The van der Waals surface area contributed by atoms with Crippen LogP contribution >= 0.6 is 11.6 Å². The maximum absolute atomic E-state index is 6.13. The van der Waals surface area contributed by atoms with Gasteiger partial charge in [0, 0.05) is 22.9 Å². The Labute approximate surface area is 122 Å². The van der Waals surface area contributed by atoms with Crippen LogP contribution < -0.4 is 10.5 Å². The number of fused-ring (bicyclic) bond motifs is 1. The number of nitrogens with two attached hydrogens (primary N) is 1. The minimum absolute atomic E-state index is 0.177. The minimum Gasteiger partial charge on any atom is -0.496 e. The smallest absolute Gasteiger partial charge is 0.239 e. The molecule has 106 valence electrons. The lowest BCUT2D eigenvalue weighted by molar-refractivity contribution is 0.326. The van der Waals surface area contributed by atoms with Gasteiger partial charge in [-0.1, -0.05) is 11.6 Å². The predicted octanol–water partition coefficient (Wildman–Crippen LogP) is 2.81. The van der Waals surface area contributed by atoms with E-state index in [0.29, 0.717) is 5.95 Å². The van der Waals surface area contributed by atoms with Crippen LogP contribution in [0.3, 0.4) is 0 Å². The van der Waals surface area contributed by atoms with E-state index in [0.717, 1.165) is 35.0 Å². The number of halogens is 1. The summed E-state index contributed by atoms with van der Waals surface area (Å²) < 4.78 is 7.39. The summed E-state index contributed by atoms with van der Waals surface area (Å²) in [6.45, 7) is 2.13. The van der Waals surface area contributed by atoms with Crippen LogP contribution in [0.2, 0.25) is 5.02 Å². The molecule has 2 aromatic rings. The van der Waals surface area contributed by atoms with Crippen molar-refractivity contribution in [2.24, 2.45) is 0 Å². The van der Waals surface area contributed by atoms with Crippen molar-refractivity contribution in [2.45, 2.75) is 31.7 Å². The van der Waals surface area contributed by atoms with Gasteiger partial charge in [0.05, 0.1) is 13.2 Å². The summed E-state index contributed by atoms with van der Waals surface area (Å²) in [6.07, 6.45) is 1.84. The predicted molar refractivity (Wildman–Crippen MR) is 78.2 cm³/mol. The fourth-order valence-electron chi connectivity index (χ4n) is 2.98. The molecule has 1 aromatic carbocycles. The minimum atomic E-state index is 0.177. The van der Waals surface area contributed by atoms with Crippen molar-refractivity contribution in [1.82, 2.24) is 14.8 Å². The summed E-state index contributed by atoms with van der Waals surface area (Å²) >= 11 is 6.13. The Morgan fingerprint density at radius 2 is 2.25 bits per heavy atom. The van der Waals surface area contributed by atoms with Gasteiger partial charge in [0.15, 0.2) is 0 Å². The molecule has 2 N–H and O–H groups in total. The van der Waals surface area contributed by atoms with Crippen LogP contribution in [-0.2, 0) is 6.42 Å². The molecular weight excluding hydrogens is 276 g/mol. The van der Waals surface area contributed by atoms with Crippen LogP contribution in [0.1, 0.15) is 36.7 Å². The van der Waals surface area contributed by atoms with Crippen molar-refractivity contribution in [1.29, 1.82) is 0 Å². The second-order valence-corrected chi connectivity index (χ2v) is 5.54. The van der Waals surface area contributed by atoms with Crippen molar-refractivity contribution in [3.05, 3.63) is 34.6 Å². The van der Waals surface area contributed by atoms with Gasteiger partial charge in [-0.25, -0.2) is 4.68 Å². The first-order valence-electron chi connectivity index (χ1n) is 6.64. The largest absolute Gasteiger partial charge is 0.496 e. The van der Waals surface area contributed by atoms with Gasteiger partial charge in [0.1, 0.15) is 11.6 Å². The van der Waals surface area contributed by atoms with E-state index in [4.69, 9.17) is 22.1 Å². The van der Waals surface area contributed by atoms with E-state index in [9.17, 15) is 0 Å². The van der Waals surface area contributed by atoms with Gasteiger partial charge in [-0.2, -0.15) is 4.98 Å². The molecule has 6 heteroatoms. The molecule has 20 heavy (non-hydrogen) atoms. The van der Waals surface area contributed by atoms with E-state index in [2.05, 4.69) is 17.0 Å². The first-order chi connectivity index (χ1) is 9.60. The van der Waals surface area contributed by atoms with E-state index in [1.54, 1.807) is 7.11 Å². The summed E-state index contributed by atoms with van der Waals surface area (Å²) in [4.78, 5) is 4.26. The average molecular weight is 293 g/mol. The second-order valence-electron chi connectivity index (χ2n) is 5.10. The van der Waals surface area contributed by atoms with E-state index < -0.39 is 0 Å². The summed E-state index contributed by atoms with van der Waals surface area (Å²) in [6, 6.07) is 5.91. The highest BCUT2D eigenvalue weighted by atomic mass is 35.5. The number of rotatable bonds is 2. The Hall–Kier alpha value is -1.75. The maximum Gasteiger partial charge on any atom is 0.239 e. The number of hydrogen-bond acceptors (Lipinski definition) is 4. The molecule has 2 heterocycles. The van der Waals surface area contributed by atoms with E-state index in [1.165, 1.54) is 0 Å². The Morgan fingerprint density at radius 1 is 1.45 bits per heavy atom. The molecule has 0 bridgehead atoms. The van der Waals surface area contributed by atoms with E-state index in [1.807, 2.05) is 22.9 Å². The summed E-state index contributed by atoms with van der Waals surface area (Å²) in [5.41, 5.74) is 6.81. The lowest BCUT2D eigenvalue weighted by atomic mass is 9.85. The quantitative estimate of drug-likeness (QED) is 0.924. The third kappa shape index (κ3) is 2.12. The number of ether oxygens (including phenoxy) is 1. The molecule has 0 fully saturated rings. The number of nitrogen functional groups attached to an aromatic ring is 1. The van der Waals surface area contributed by atoms with Crippen LogP contribution in [0.15, 0.2) is 18.2 Å². The van der Waals surface area contributed by atoms with Gasteiger partial charge in [-0.3, -0.25) is 0 Å². The molecule has 2 atom stereocenters. The number of aryl methyl sites for hydroxylation is 1. The average Bonchev–Trinajstić information content (AvgIpc) is 2.81. The lowest BCUT2D eigenvalue weighted by Crippen LogP contribution is -2.24. The van der Waals surface area contributed by atoms with Gasteiger partial charge < -0.3 is 10.5 Å². The Balaban J connectivity index is 2.02. The highest BCUT2D eigenvalue weighted by molar-refractivity contribution is 6.30. The molecule has 0 saturated carbocycles. The molecule has 0 aliphatic carbocycles. The number of benzene rings is 1. The fourth-order valence-corrected chi connectivity index (χ4v) is 3.16. The molecule has 1 aromatic heterocycles. The van der Waals surface area contributed by atoms with Crippen molar-refractivity contribution >= 4 is 17.5 Å². The van der Waals surface area contributed by atoms with Gasteiger partial charge in [0.25, 0.3) is 0 Å². The molecule has 0 saturated heterocycles. The Kier molecular flexibility index (Phi) is 3.30. The zero-order chi connectivity index (χ0) is 14.3. The maximum atomic E-state index is 6.13. The van der Waals surface area contributed by atoms with Gasteiger partial charge in [0.2, 0.25) is 5.95 Å². The van der Waals surface area contributed by atoms with Crippen molar-refractivity contribution in [3.63, 3.8) is 0 Å². The normalized spacial score (nSPS) is 21.6. The molecule has 5 nitrogen and oxygen atoms in total. The van der Waals surface area contributed by atoms with Crippen molar-refractivity contribution < 1.29 is 4.74 Å². The SMILES string of the molecule is COc1ccc(Cl)cc1C1CCc2nc(N)nn2C1C.